The summed E-state index contributed by atoms with van der Waals surface area (Å²) in [6.07, 6.45) is 5.25. The van der Waals surface area contributed by atoms with E-state index in [1.807, 2.05) is 0 Å². The molecule has 1 fully saturated rings. The molecule has 1 aliphatic rings. The van der Waals surface area contributed by atoms with Crippen LogP contribution in [0.15, 0.2) is 24.3 Å². The Kier molecular flexibility index (Phi) is 12.1. The van der Waals surface area contributed by atoms with Crippen LogP contribution in [0.1, 0.15) is 50.2 Å². The number of rotatable bonds is 7. The zero-order chi connectivity index (χ0) is 15.8. The Bertz CT molecular complexity index is 468. The van der Waals surface area contributed by atoms with Gasteiger partial charge in [0.25, 0.3) is 0 Å². The summed E-state index contributed by atoms with van der Waals surface area (Å²) in [6, 6.07) is 9.29. The van der Waals surface area contributed by atoms with Crippen molar-refractivity contribution in [3.63, 3.8) is 0 Å². The maximum Gasteiger partial charge on any atom is 0.220 e. The maximum atomic E-state index is 11.6. The summed E-state index contributed by atoms with van der Waals surface area (Å²) in [6.45, 7) is 5.73. The Morgan fingerprint density at radius 3 is 2.50 bits per heavy atom. The van der Waals surface area contributed by atoms with Crippen LogP contribution in [0.5, 0.6) is 0 Å². The number of carbonyl (C=O) groups is 1. The molecule has 1 atom stereocenters. The molecular formula is C18H31Cl2N3O. The zero-order valence-electron chi connectivity index (χ0n) is 14.5. The Morgan fingerprint density at radius 1 is 1.21 bits per heavy atom. The van der Waals surface area contributed by atoms with E-state index in [4.69, 9.17) is 5.73 Å². The number of hydrogen-bond donors (Lipinski definition) is 2. The number of carbonyl (C=O) groups excluding carboxylic acids is 1. The van der Waals surface area contributed by atoms with Crippen LogP contribution in [-0.4, -0.2) is 29.9 Å². The second kappa shape index (κ2) is 12.5. The monoisotopic (exact) mass is 375 g/mol. The minimum Gasteiger partial charge on any atom is -0.352 e. The van der Waals surface area contributed by atoms with Gasteiger partial charge in [0.2, 0.25) is 5.91 Å². The molecule has 0 aliphatic carbocycles. The molecular weight excluding hydrogens is 345 g/mol. The lowest BCUT2D eigenvalue weighted by Gasteiger charge is -2.33. The normalized spacial score (nSPS) is 17.5. The largest absolute Gasteiger partial charge is 0.352 e. The van der Waals surface area contributed by atoms with Crippen LogP contribution in [-0.2, 0) is 17.9 Å². The summed E-state index contributed by atoms with van der Waals surface area (Å²) in [7, 11) is 0. The average molecular weight is 376 g/mol. The molecule has 0 spiro atoms. The molecule has 1 aromatic carbocycles. The number of nitrogens with zero attached hydrogens (tertiary/aromatic N) is 1. The topological polar surface area (TPSA) is 58.4 Å². The predicted molar refractivity (Wildman–Crippen MR) is 105 cm³/mol. The number of likely N-dealkylation sites (tertiary alicyclic amines) is 1. The van der Waals surface area contributed by atoms with Gasteiger partial charge in [-0.3, -0.25) is 9.69 Å². The first kappa shape index (κ1) is 23.2. The smallest absolute Gasteiger partial charge is 0.220 e. The van der Waals surface area contributed by atoms with Gasteiger partial charge in [-0.2, -0.15) is 0 Å². The standard InChI is InChI=1S/C18H29N3O.2ClH/c1-15-5-2-3-12-21(15)14-17-9-7-16(8-10-17)13-20-18(22)6-4-11-19;;/h7-10,15H,2-6,11-14,19H2,1H3,(H,20,22);2*1H. The van der Waals surface area contributed by atoms with Gasteiger partial charge >= 0.3 is 0 Å². The van der Waals surface area contributed by atoms with Gasteiger partial charge in [0, 0.05) is 25.6 Å². The van der Waals surface area contributed by atoms with Crippen molar-refractivity contribution >= 4 is 30.7 Å². The minimum absolute atomic E-state index is 0. The van der Waals surface area contributed by atoms with Crippen LogP contribution < -0.4 is 11.1 Å². The van der Waals surface area contributed by atoms with Crippen molar-refractivity contribution in [1.82, 2.24) is 10.2 Å². The molecule has 0 aromatic heterocycles. The average Bonchev–Trinajstić information content (AvgIpc) is 2.54. The van der Waals surface area contributed by atoms with E-state index in [-0.39, 0.29) is 30.7 Å². The lowest BCUT2D eigenvalue weighted by atomic mass is 10.0. The minimum atomic E-state index is 0. The van der Waals surface area contributed by atoms with E-state index in [1.165, 1.54) is 31.4 Å². The van der Waals surface area contributed by atoms with Crippen molar-refractivity contribution < 1.29 is 4.79 Å². The Balaban J connectivity index is 0.00000264. The molecule has 138 valence electrons. The van der Waals surface area contributed by atoms with Crippen molar-refractivity contribution in [2.45, 2.75) is 58.2 Å². The molecule has 24 heavy (non-hydrogen) atoms. The molecule has 0 saturated carbocycles. The molecule has 0 bridgehead atoms. The Labute approximate surface area is 158 Å². The van der Waals surface area contributed by atoms with Gasteiger partial charge in [-0.15, -0.1) is 24.8 Å². The summed E-state index contributed by atoms with van der Waals surface area (Å²) in [5, 5.41) is 2.94. The molecule has 3 N–H and O–H groups in total. The highest BCUT2D eigenvalue weighted by molar-refractivity contribution is 5.85. The Morgan fingerprint density at radius 2 is 1.88 bits per heavy atom. The fourth-order valence-corrected chi connectivity index (χ4v) is 2.94. The second-order valence-corrected chi connectivity index (χ2v) is 6.30. The third-order valence-electron chi connectivity index (χ3n) is 4.45. The first-order valence-electron chi connectivity index (χ1n) is 8.47. The third-order valence-corrected chi connectivity index (χ3v) is 4.45. The highest BCUT2D eigenvalue weighted by atomic mass is 35.5. The van der Waals surface area contributed by atoms with Crippen LogP contribution in [0.25, 0.3) is 0 Å². The van der Waals surface area contributed by atoms with Crippen LogP contribution in [0.3, 0.4) is 0 Å². The summed E-state index contributed by atoms with van der Waals surface area (Å²) in [4.78, 5) is 14.1. The van der Waals surface area contributed by atoms with Gasteiger partial charge in [-0.05, 0) is 50.4 Å². The maximum absolute atomic E-state index is 11.6. The van der Waals surface area contributed by atoms with E-state index in [1.54, 1.807) is 0 Å². The number of benzene rings is 1. The molecule has 1 heterocycles. The van der Waals surface area contributed by atoms with E-state index >= 15 is 0 Å². The quantitative estimate of drug-likeness (QED) is 0.768. The number of amides is 1. The summed E-state index contributed by atoms with van der Waals surface area (Å²) in [5.41, 5.74) is 7.91. The molecule has 0 radical (unpaired) electrons. The van der Waals surface area contributed by atoms with Crippen LogP contribution in [0.2, 0.25) is 0 Å². The number of hydrogen-bond acceptors (Lipinski definition) is 3. The molecule has 6 heteroatoms. The number of piperidine rings is 1. The van der Waals surface area contributed by atoms with Crippen molar-refractivity contribution in [3.8, 4) is 0 Å². The molecule has 1 unspecified atom stereocenters. The van der Waals surface area contributed by atoms with Crippen molar-refractivity contribution in [2.75, 3.05) is 13.1 Å². The van der Waals surface area contributed by atoms with Crippen molar-refractivity contribution in [2.24, 2.45) is 5.73 Å². The van der Waals surface area contributed by atoms with E-state index in [0.29, 0.717) is 25.6 Å². The Hall–Kier alpha value is -0.810. The van der Waals surface area contributed by atoms with Gasteiger partial charge in [-0.1, -0.05) is 30.7 Å². The van der Waals surface area contributed by atoms with E-state index < -0.39 is 0 Å². The van der Waals surface area contributed by atoms with Crippen LogP contribution in [0, 0.1) is 0 Å². The van der Waals surface area contributed by atoms with E-state index in [0.717, 1.165) is 18.5 Å². The van der Waals surface area contributed by atoms with Gasteiger partial charge in [0.05, 0.1) is 0 Å². The van der Waals surface area contributed by atoms with Gasteiger partial charge in [0.1, 0.15) is 0 Å². The van der Waals surface area contributed by atoms with Gasteiger partial charge in [-0.25, -0.2) is 0 Å². The highest BCUT2D eigenvalue weighted by Gasteiger charge is 2.17. The molecule has 1 saturated heterocycles. The predicted octanol–water partition coefficient (Wildman–Crippen LogP) is 3.26. The van der Waals surface area contributed by atoms with Gasteiger partial charge < -0.3 is 11.1 Å². The first-order chi connectivity index (χ1) is 10.7. The fraction of sp³-hybridized carbons (Fsp3) is 0.611. The summed E-state index contributed by atoms with van der Waals surface area (Å²) in [5.74, 6) is 0.0802. The lowest BCUT2D eigenvalue weighted by Crippen LogP contribution is -2.36. The van der Waals surface area contributed by atoms with Crippen molar-refractivity contribution in [1.29, 1.82) is 0 Å². The zero-order valence-corrected chi connectivity index (χ0v) is 16.1. The molecule has 4 nitrogen and oxygen atoms in total. The number of nitrogens with two attached hydrogens (primary N) is 1. The lowest BCUT2D eigenvalue weighted by molar-refractivity contribution is -0.121. The fourth-order valence-electron chi connectivity index (χ4n) is 2.94. The van der Waals surface area contributed by atoms with Crippen LogP contribution >= 0.6 is 24.8 Å². The third kappa shape index (κ3) is 7.84. The van der Waals surface area contributed by atoms with Crippen LogP contribution in [0.4, 0.5) is 0 Å². The molecule has 1 amide bonds. The summed E-state index contributed by atoms with van der Waals surface area (Å²) < 4.78 is 0. The van der Waals surface area contributed by atoms with E-state index in [9.17, 15) is 4.79 Å². The van der Waals surface area contributed by atoms with Crippen molar-refractivity contribution in [3.05, 3.63) is 35.4 Å². The highest BCUT2D eigenvalue weighted by Crippen LogP contribution is 2.19. The van der Waals surface area contributed by atoms with Gasteiger partial charge in [0.15, 0.2) is 0 Å². The molecule has 1 aliphatic heterocycles. The first-order valence-corrected chi connectivity index (χ1v) is 8.47. The number of halogens is 2. The number of nitrogens with one attached hydrogen (secondary N) is 1. The molecule has 2 rings (SSSR count). The second-order valence-electron chi connectivity index (χ2n) is 6.30. The SMILES string of the molecule is CC1CCCCN1Cc1ccc(CNC(=O)CCCN)cc1.Cl.Cl. The molecule has 1 aromatic rings. The van der Waals surface area contributed by atoms with E-state index in [2.05, 4.69) is 41.4 Å². The summed E-state index contributed by atoms with van der Waals surface area (Å²) >= 11 is 0.